The molecule has 2 aromatic heterocycles. The van der Waals surface area contributed by atoms with Crippen LogP contribution in [-0.4, -0.2) is 39.1 Å². The van der Waals surface area contributed by atoms with Crippen LogP contribution in [0.3, 0.4) is 0 Å². The van der Waals surface area contributed by atoms with E-state index in [1.165, 1.54) is 6.20 Å². The average molecular weight is 350 g/mol. The lowest BCUT2D eigenvalue weighted by Crippen LogP contribution is -2.35. The van der Waals surface area contributed by atoms with Crippen LogP contribution in [0.25, 0.3) is 5.65 Å². The number of amides is 1. The Morgan fingerprint density at radius 1 is 1.48 bits per heavy atom. The van der Waals surface area contributed by atoms with E-state index in [1.54, 1.807) is 16.7 Å². The summed E-state index contributed by atoms with van der Waals surface area (Å²) in [6.07, 6.45) is 4.96. The molecule has 3 heterocycles. The molecule has 6 heteroatoms. The zero-order chi connectivity index (χ0) is 15.1. The van der Waals surface area contributed by atoms with Crippen LogP contribution in [0.15, 0.2) is 22.9 Å². The average Bonchev–Trinajstić information content (AvgIpc) is 3.03. The Morgan fingerprint density at radius 3 is 2.86 bits per heavy atom. The minimum Gasteiger partial charge on any atom is -0.336 e. The van der Waals surface area contributed by atoms with Crippen LogP contribution in [0.2, 0.25) is 0 Å². The molecule has 3 rings (SSSR count). The number of rotatable bonds is 2. The van der Waals surface area contributed by atoms with Crippen molar-refractivity contribution >= 4 is 33.8 Å². The zero-order valence-electron chi connectivity index (χ0n) is 11.9. The van der Waals surface area contributed by atoms with Crippen LogP contribution in [0.5, 0.6) is 0 Å². The van der Waals surface area contributed by atoms with E-state index in [4.69, 9.17) is 0 Å². The quantitative estimate of drug-likeness (QED) is 0.783. The van der Waals surface area contributed by atoms with E-state index >= 15 is 0 Å². The number of pyridine rings is 1. The third-order valence-corrected chi connectivity index (χ3v) is 4.94. The normalized spacial score (nSPS) is 22.0. The van der Waals surface area contributed by atoms with Crippen LogP contribution in [0.1, 0.15) is 41.1 Å². The van der Waals surface area contributed by atoms with Gasteiger partial charge >= 0.3 is 0 Å². The Hall–Kier alpha value is -1.69. The van der Waals surface area contributed by atoms with Gasteiger partial charge in [-0.15, -0.1) is 0 Å². The summed E-state index contributed by atoms with van der Waals surface area (Å²) in [5.74, 6) is 0.514. The van der Waals surface area contributed by atoms with Gasteiger partial charge in [0.05, 0.1) is 16.2 Å². The molecule has 5 nitrogen and oxygen atoms in total. The summed E-state index contributed by atoms with van der Waals surface area (Å²) < 4.78 is 2.36. The molecular weight excluding hydrogens is 334 g/mol. The number of aldehydes is 1. The van der Waals surface area contributed by atoms with E-state index in [0.717, 1.165) is 19.3 Å². The Morgan fingerprint density at radius 2 is 2.24 bits per heavy atom. The predicted octanol–water partition coefficient (Wildman–Crippen LogP) is 2.78. The lowest BCUT2D eigenvalue weighted by Gasteiger charge is -2.23. The van der Waals surface area contributed by atoms with Crippen molar-refractivity contribution in [3.63, 3.8) is 0 Å². The van der Waals surface area contributed by atoms with Gasteiger partial charge in [0.15, 0.2) is 11.9 Å². The van der Waals surface area contributed by atoms with Gasteiger partial charge in [-0.1, -0.05) is 6.92 Å². The molecule has 1 saturated heterocycles. The molecule has 2 aromatic rings. The molecule has 0 aliphatic carbocycles. The van der Waals surface area contributed by atoms with E-state index in [0.29, 0.717) is 27.3 Å². The van der Waals surface area contributed by atoms with Crippen LogP contribution in [-0.2, 0) is 0 Å². The summed E-state index contributed by atoms with van der Waals surface area (Å²) >= 11 is 3.42. The highest BCUT2D eigenvalue weighted by molar-refractivity contribution is 9.10. The number of carbonyl (C=O) groups is 2. The molecule has 0 bridgehead atoms. The zero-order valence-corrected chi connectivity index (χ0v) is 13.5. The number of fused-ring (bicyclic) bond motifs is 1. The maximum absolute atomic E-state index is 12.7. The van der Waals surface area contributed by atoms with Gasteiger partial charge in [0, 0.05) is 18.8 Å². The molecule has 0 spiro atoms. The molecular formula is C15H16BrN3O2. The third-order valence-electron chi connectivity index (χ3n) is 4.36. The van der Waals surface area contributed by atoms with Crippen LogP contribution in [0, 0.1) is 5.92 Å². The first-order chi connectivity index (χ1) is 10.0. The molecule has 0 aromatic carbocycles. The maximum atomic E-state index is 12.7. The van der Waals surface area contributed by atoms with E-state index in [2.05, 4.69) is 34.8 Å². The van der Waals surface area contributed by atoms with Crippen molar-refractivity contribution in [2.45, 2.75) is 26.3 Å². The fourth-order valence-corrected chi connectivity index (χ4v) is 3.36. The molecule has 1 aliphatic heterocycles. The number of imidazole rings is 1. The highest BCUT2D eigenvalue weighted by Crippen LogP contribution is 2.27. The van der Waals surface area contributed by atoms with Crippen molar-refractivity contribution in [2.24, 2.45) is 5.92 Å². The van der Waals surface area contributed by atoms with Gasteiger partial charge in [-0.05, 0) is 41.3 Å². The second-order valence-corrected chi connectivity index (χ2v) is 6.43. The molecule has 0 radical (unpaired) electrons. The summed E-state index contributed by atoms with van der Waals surface area (Å²) in [6, 6.07) is 2.01. The number of carbonyl (C=O) groups excluding carboxylic acids is 2. The first kappa shape index (κ1) is 14.3. The molecule has 2 atom stereocenters. The second-order valence-electron chi connectivity index (χ2n) is 5.58. The topological polar surface area (TPSA) is 54.7 Å². The van der Waals surface area contributed by atoms with E-state index in [-0.39, 0.29) is 11.9 Å². The van der Waals surface area contributed by atoms with Gasteiger partial charge in [-0.3, -0.25) is 14.0 Å². The Labute approximate surface area is 131 Å². The van der Waals surface area contributed by atoms with Gasteiger partial charge in [0.2, 0.25) is 0 Å². The van der Waals surface area contributed by atoms with E-state index in [1.807, 2.05) is 4.90 Å². The predicted molar refractivity (Wildman–Crippen MR) is 82.6 cm³/mol. The van der Waals surface area contributed by atoms with Gasteiger partial charge < -0.3 is 4.90 Å². The molecule has 1 aliphatic rings. The Balaban J connectivity index is 2.04. The largest absolute Gasteiger partial charge is 0.336 e. The van der Waals surface area contributed by atoms with Gasteiger partial charge in [-0.2, -0.15) is 0 Å². The molecule has 0 saturated carbocycles. The van der Waals surface area contributed by atoms with Crippen LogP contribution >= 0.6 is 15.9 Å². The van der Waals surface area contributed by atoms with Gasteiger partial charge in [0.25, 0.3) is 5.91 Å². The molecule has 1 fully saturated rings. The van der Waals surface area contributed by atoms with Crippen molar-refractivity contribution in [2.75, 3.05) is 6.54 Å². The fourth-order valence-electron chi connectivity index (χ4n) is 2.82. The summed E-state index contributed by atoms with van der Waals surface area (Å²) in [7, 11) is 0. The van der Waals surface area contributed by atoms with Crippen molar-refractivity contribution in [3.8, 4) is 0 Å². The number of halogens is 1. The molecule has 21 heavy (non-hydrogen) atoms. The minimum absolute atomic E-state index is 0.000000945. The summed E-state index contributed by atoms with van der Waals surface area (Å²) in [5, 5.41) is 0. The number of nitrogens with zero attached hydrogens (tertiary/aromatic N) is 3. The number of aromatic nitrogens is 2. The van der Waals surface area contributed by atoms with Crippen molar-refractivity contribution in [1.29, 1.82) is 0 Å². The number of hydrogen-bond acceptors (Lipinski definition) is 3. The van der Waals surface area contributed by atoms with E-state index < -0.39 is 0 Å². The van der Waals surface area contributed by atoms with Crippen molar-refractivity contribution < 1.29 is 9.59 Å². The second kappa shape index (κ2) is 5.26. The van der Waals surface area contributed by atoms with Crippen LogP contribution < -0.4 is 0 Å². The SMILES string of the molecule is CC1CCN(C(=O)c2cc(Br)c3ncc(C=O)n3c2)C1C. The highest BCUT2D eigenvalue weighted by atomic mass is 79.9. The monoisotopic (exact) mass is 349 g/mol. The highest BCUT2D eigenvalue weighted by Gasteiger charge is 2.31. The Kier molecular flexibility index (Phi) is 3.57. The lowest BCUT2D eigenvalue weighted by atomic mass is 10.1. The smallest absolute Gasteiger partial charge is 0.255 e. The fraction of sp³-hybridized carbons (Fsp3) is 0.400. The van der Waals surface area contributed by atoms with Crippen molar-refractivity contribution in [3.05, 3.63) is 34.2 Å². The third kappa shape index (κ3) is 2.27. The van der Waals surface area contributed by atoms with E-state index in [9.17, 15) is 9.59 Å². The first-order valence-electron chi connectivity index (χ1n) is 6.95. The first-order valence-corrected chi connectivity index (χ1v) is 7.75. The van der Waals surface area contributed by atoms with Crippen LogP contribution in [0.4, 0.5) is 0 Å². The standard InChI is InChI=1S/C15H16BrN3O2/c1-9-3-4-18(10(9)2)15(21)11-5-13(16)14-17-6-12(8-20)19(14)7-11/h5-10H,3-4H2,1-2H3. The number of hydrogen-bond donors (Lipinski definition) is 0. The maximum Gasteiger partial charge on any atom is 0.255 e. The molecule has 110 valence electrons. The summed E-state index contributed by atoms with van der Waals surface area (Å²) in [4.78, 5) is 29.8. The molecule has 1 amide bonds. The summed E-state index contributed by atoms with van der Waals surface area (Å²) in [6.45, 7) is 5.02. The van der Waals surface area contributed by atoms with Gasteiger partial charge in [-0.25, -0.2) is 4.98 Å². The minimum atomic E-state index is -0.000000945. The number of likely N-dealkylation sites (tertiary alicyclic amines) is 1. The summed E-state index contributed by atoms with van der Waals surface area (Å²) in [5.41, 5.74) is 1.64. The lowest BCUT2D eigenvalue weighted by molar-refractivity contribution is 0.0734. The van der Waals surface area contributed by atoms with Gasteiger partial charge in [0.1, 0.15) is 5.69 Å². The van der Waals surface area contributed by atoms with Crippen molar-refractivity contribution in [1.82, 2.24) is 14.3 Å². The molecule has 0 N–H and O–H groups in total. The molecule has 2 unspecified atom stereocenters. The Bertz CT molecular complexity index is 725.